The summed E-state index contributed by atoms with van der Waals surface area (Å²) in [6.07, 6.45) is 4.04. The van der Waals surface area contributed by atoms with Crippen molar-refractivity contribution in [1.29, 1.82) is 5.26 Å². The van der Waals surface area contributed by atoms with Gasteiger partial charge < -0.3 is 14.9 Å². The number of carbonyl (C=O) groups is 1. The number of nitriles is 1. The van der Waals surface area contributed by atoms with Crippen LogP contribution in [0.1, 0.15) is 37.1 Å². The zero-order valence-corrected chi connectivity index (χ0v) is 20.8. The second-order valence-electron chi connectivity index (χ2n) is 11.5. The van der Waals surface area contributed by atoms with Gasteiger partial charge in [0.25, 0.3) is 0 Å². The van der Waals surface area contributed by atoms with Crippen LogP contribution >= 0.6 is 0 Å². The molecule has 6 nitrogen and oxygen atoms in total. The molecule has 1 amide bonds. The quantitative estimate of drug-likeness (QED) is 0.546. The minimum absolute atomic E-state index is 0.0206. The van der Waals surface area contributed by atoms with Crippen LogP contribution in [-0.4, -0.2) is 47.1 Å². The van der Waals surface area contributed by atoms with Crippen LogP contribution < -0.4 is 4.90 Å². The molecule has 2 aromatic carbocycles. The smallest absolute Gasteiger partial charge is 0.245 e. The van der Waals surface area contributed by atoms with E-state index in [0.29, 0.717) is 5.56 Å². The second kappa shape index (κ2) is 7.83. The third-order valence-electron chi connectivity index (χ3n) is 8.17. The maximum atomic E-state index is 12.0. The predicted octanol–water partition coefficient (Wildman–Crippen LogP) is 4.83. The largest absolute Gasteiger partial charge is 0.508 e. The number of carbonyl (C=O) groups excluding carboxylic acids is 1. The molecule has 3 heterocycles. The number of nitrogens with zero attached hydrogens (tertiary/aromatic N) is 4. The highest BCUT2D eigenvalue weighted by atomic mass is 16.3. The summed E-state index contributed by atoms with van der Waals surface area (Å²) in [4.78, 5) is 21.2. The maximum Gasteiger partial charge on any atom is 0.245 e. The number of aromatic hydroxyl groups is 1. The molecule has 6 rings (SSSR count). The van der Waals surface area contributed by atoms with Crippen molar-refractivity contribution in [1.82, 2.24) is 9.88 Å². The molecule has 6 heteroatoms. The third kappa shape index (κ3) is 3.45. The lowest BCUT2D eigenvalue weighted by Crippen LogP contribution is -2.59. The van der Waals surface area contributed by atoms with E-state index < -0.39 is 0 Å². The normalized spacial score (nSPS) is 19.2. The summed E-state index contributed by atoms with van der Waals surface area (Å²) in [5, 5.41) is 23.1. The van der Waals surface area contributed by atoms with Gasteiger partial charge in [-0.25, -0.2) is 4.98 Å². The molecule has 1 N–H and O–H groups in total. The van der Waals surface area contributed by atoms with Crippen molar-refractivity contribution in [3.8, 4) is 22.9 Å². The highest BCUT2D eigenvalue weighted by Gasteiger charge is 2.49. The molecule has 2 saturated heterocycles. The number of pyridine rings is 1. The van der Waals surface area contributed by atoms with Gasteiger partial charge in [-0.1, -0.05) is 44.7 Å². The van der Waals surface area contributed by atoms with Crippen LogP contribution in [0.3, 0.4) is 0 Å². The van der Waals surface area contributed by atoms with E-state index in [9.17, 15) is 15.2 Å². The van der Waals surface area contributed by atoms with Crippen molar-refractivity contribution in [2.24, 2.45) is 10.8 Å². The molecule has 182 valence electrons. The number of benzene rings is 2. The average molecular weight is 479 g/mol. The number of phenols is 1. The molecule has 0 saturated carbocycles. The number of hydrogen-bond acceptors (Lipinski definition) is 5. The van der Waals surface area contributed by atoms with Crippen molar-refractivity contribution < 1.29 is 9.90 Å². The molecule has 0 unspecified atom stereocenters. The van der Waals surface area contributed by atoms with Crippen LogP contribution in [0.2, 0.25) is 0 Å². The Kier molecular flexibility index (Phi) is 4.91. The van der Waals surface area contributed by atoms with Gasteiger partial charge in [-0.2, -0.15) is 5.26 Å². The van der Waals surface area contributed by atoms with Crippen LogP contribution in [0, 0.1) is 22.2 Å². The monoisotopic (exact) mass is 478 g/mol. The van der Waals surface area contributed by atoms with E-state index in [1.807, 2.05) is 23.1 Å². The first-order chi connectivity index (χ1) is 17.2. The van der Waals surface area contributed by atoms with E-state index in [1.165, 1.54) is 6.08 Å². The first-order valence-electron chi connectivity index (χ1n) is 12.6. The second-order valence-corrected chi connectivity index (χ2v) is 11.5. The first-order valence-corrected chi connectivity index (χ1v) is 12.6. The first kappa shape index (κ1) is 22.6. The van der Waals surface area contributed by atoms with Gasteiger partial charge in [0, 0.05) is 42.9 Å². The molecule has 2 fully saturated rings. The fourth-order valence-corrected chi connectivity index (χ4v) is 6.55. The van der Waals surface area contributed by atoms with Gasteiger partial charge in [0.05, 0.1) is 0 Å². The number of anilines is 1. The standard InChI is InChI=1S/C30H30N4O2/c1-4-26(36)34-17-30(18-34)9-10-33(16-30)28-24(15-31)27(23-13-29(2,3)14-25(23)32-28)22-12-20(35)11-19-7-5-6-8-21(19)22/h4-8,11-12,35H,1,9-10,13-14,16-18H2,2-3H3. The Labute approximate surface area is 211 Å². The molecule has 36 heavy (non-hydrogen) atoms. The third-order valence-corrected chi connectivity index (χ3v) is 8.17. The van der Waals surface area contributed by atoms with E-state index in [2.05, 4.69) is 37.5 Å². The highest BCUT2D eigenvalue weighted by Crippen LogP contribution is 2.48. The lowest BCUT2D eigenvalue weighted by atomic mass is 9.79. The molecule has 0 radical (unpaired) electrons. The number of hydrogen-bond donors (Lipinski definition) is 1. The molecule has 3 aromatic rings. The van der Waals surface area contributed by atoms with Crippen molar-refractivity contribution in [2.45, 2.75) is 33.1 Å². The van der Waals surface area contributed by atoms with Gasteiger partial charge in [-0.3, -0.25) is 4.79 Å². The fraction of sp³-hybridized carbons (Fsp3) is 0.367. The van der Waals surface area contributed by atoms with Gasteiger partial charge in [0.2, 0.25) is 5.91 Å². The van der Waals surface area contributed by atoms with Crippen molar-refractivity contribution >= 4 is 22.5 Å². The maximum absolute atomic E-state index is 12.0. The van der Waals surface area contributed by atoms with Gasteiger partial charge in [0.1, 0.15) is 23.2 Å². The Morgan fingerprint density at radius 1 is 1.19 bits per heavy atom. The van der Waals surface area contributed by atoms with Crippen LogP contribution in [0.5, 0.6) is 5.75 Å². The molecule has 1 aromatic heterocycles. The number of likely N-dealkylation sites (tertiary alicyclic amines) is 1. The summed E-state index contributed by atoms with van der Waals surface area (Å²) in [6.45, 7) is 11.1. The number of rotatable bonds is 3. The lowest BCUT2D eigenvalue weighted by Gasteiger charge is -2.47. The SMILES string of the molecule is C=CC(=O)N1CC2(CCN(c3nc4c(c(-c5cc(O)cc6ccccc56)c3C#N)CC(C)(C)C4)C2)C1. The van der Waals surface area contributed by atoms with Crippen molar-refractivity contribution in [2.75, 3.05) is 31.1 Å². The highest BCUT2D eigenvalue weighted by molar-refractivity contribution is 6.01. The molecule has 1 aliphatic carbocycles. The molecular weight excluding hydrogens is 448 g/mol. The Morgan fingerprint density at radius 2 is 1.97 bits per heavy atom. The van der Waals surface area contributed by atoms with Crippen LogP contribution in [0.15, 0.2) is 49.1 Å². The van der Waals surface area contributed by atoms with E-state index in [0.717, 1.165) is 84.4 Å². The minimum Gasteiger partial charge on any atom is -0.508 e. The number of phenolic OH excluding ortho intramolecular Hbond substituents is 1. The van der Waals surface area contributed by atoms with E-state index in [-0.39, 0.29) is 22.5 Å². The minimum atomic E-state index is -0.0206. The molecule has 3 aliphatic rings. The Morgan fingerprint density at radius 3 is 2.72 bits per heavy atom. The molecule has 1 spiro atoms. The summed E-state index contributed by atoms with van der Waals surface area (Å²) in [5.41, 5.74) is 4.65. The lowest BCUT2D eigenvalue weighted by molar-refractivity contribution is -0.136. The Balaban J connectivity index is 1.50. The summed E-state index contributed by atoms with van der Waals surface area (Å²) >= 11 is 0. The summed E-state index contributed by atoms with van der Waals surface area (Å²) in [6, 6.07) is 14.1. The van der Waals surface area contributed by atoms with Crippen molar-refractivity contribution in [3.05, 3.63) is 65.9 Å². The zero-order valence-electron chi connectivity index (χ0n) is 20.8. The topological polar surface area (TPSA) is 80.5 Å². The van der Waals surface area contributed by atoms with Crippen molar-refractivity contribution in [3.63, 3.8) is 0 Å². The van der Waals surface area contributed by atoms with Gasteiger partial charge >= 0.3 is 0 Å². The van der Waals surface area contributed by atoms with Crippen LogP contribution in [-0.2, 0) is 17.6 Å². The zero-order chi connectivity index (χ0) is 25.2. The Bertz CT molecular complexity index is 1480. The number of fused-ring (bicyclic) bond motifs is 2. The fourth-order valence-electron chi connectivity index (χ4n) is 6.55. The van der Waals surface area contributed by atoms with Crippen LogP contribution in [0.4, 0.5) is 5.82 Å². The molecule has 0 atom stereocenters. The van der Waals surface area contributed by atoms with Gasteiger partial charge in [-0.15, -0.1) is 0 Å². The van der Waals surface area contributed by atoms with E-state index in [4.69, 9.17) is 4.98 Å². The molecule has 0 bridgehead atoms. The summed E-state index contributed by atoms with van der Waals surface area (Å²) in [5.74, 6) is 0.910. The van der Waals surface area contributed by atoms with Crippen LogP contribution in [0.25, 0.3) is 21.9 Å². The number of amides is 1. The van der Waals surface area contributed by atoms with E-state index in [1.54, 1.807) is 12.1 Å². The molecule has 2 aliphatic heterocycles. The Hall–Kier alpha value is -3.85. The van der Waals surface area contributed by atoms with E-state index >= 15 is 0 Å². The summed E-state index contributed by atoms with van der Waals surface area (Å²) < 4.78 is 0. The van der Waals surface area contributed by atoms with Gasteiger partial charge in [0.15, 0.2) is 0 Å². The molecular formula is C30H30N4O2. The number of aromatic nitrogens is 1. The summed E-state index contributed by atoms with van der Waals surface area (Å²) in [7, 11) is 0. The predicted molar refractivity (Wildman–Crippen MR) is 141 cm³/mol. The van der Waals surface area contributed by atoms with Gasteiger partial charge in [-0.05, 0) is 64.8 Å². The average Bonchev–Trinajstić information content (AvgIpc) is 3.41.